The molecule has 4 fully saturated rings. The highest BCUT2D eigenvalue weighted by molar-refractivity contribution is 5.22. The van der Waals surface area contributed by atoms with Gasteiger partial charge in [0.2, 0.25) is 0 Å². The fourth-order valence-corrected chi connectivity index (χ4v) is 7.87. The minimum Gasteiger partial charge on any atom is -0.387 e. The van der Waals surface area contributed by atoms with Gasteiger partial charge in [-0.3, -0.25) is 0 Å². The molecule has 0 aromatic rings. The maximum Gasteiger partial charge on any atom is 0.0939 e. The Hall–Kier alpha value is -0.0800. The van der Waals surface area contributed by atoms with Gasteiger partial charge in [0.05, 0.1) is 11.2 Å². The molecule has 1 spiro atoms. The summed E-state index contributed by atoms with van der Waals surface area (Å²) in [6.07, 6.45) is 10.2. The third-order valence-electron chi connectivity index (χ3n) is 9.20. The van der Waals surface area contributed by atoms with Gasteiger partial charge in [0.1, 0.15) is 0 Å². The van der Waals surface area contributed by atoms with E-state index < -0.39 is 11.2 Å². The molecule has 0 aliphatic heterocycles. The highest BCUT2D eigenvalue weighted by Gasteiger charge is 2.72. The number of hydrogen-bond acceptors (Lipinski definition) is 2. The SMILES string of the molecule is CC1(C)CCCC2(C)C1CCC1CC3(O)CC12CCC3(C)O. The first-order valence-electron chi connectivity index (χ1n) is 9.51. The van der Waals surface area contributed by atoms with Crippen molar-refractivity contribution >= 4 is 0 Å². The highest BCUT2D eigenvalue weighted by Crippen LogP contribution is 2.75. The van der Waals surface area contributed by atoms with Gasteiger partial charge >= 0.3 is 0 Å². The van der Waals surface area contributed by atoms with Crippen LogP contribution in [0.15, 0.2) is 0 Å². The molecule has 2 N–H and O–H groups in total. The normalized spacial score (nSPS) is 59.7. The average molecular weight is 306 g/mol. The molecule has 6 atom stereocenters. The summed E-state index contributed by atoms with van der Waals surface area (Å²) in [5.74, 6) is 1.41. The minimum absolute atomic E-state index is 0.282. The minimum atomic E-state index is -0.883. The van der Waals surface area contributed by atoms with Crippen molar-refractivity contribution < 1.29 is 10.2 Å². The van der Waals surface area contributed by atoms with Crippen LogP contribution in [0.5, 0.6) is 0 Å². The van der Waals surface area contributed by atoms with E-state index in [1.807, 2.05) is 6.92 Å². The molecule has 0 aromatic carbocycles. The van der Waals surface area contributed by atoms with Crippen molar-refractivity contribution in [1.82, 2.24) is 0 Å². The second-order valence-electron chi connectivity index (χ2n) is 10.4. The van der Waals surface area contributed by atoms with E-state index in [9.17, 15) is 10.2 Å². The molecule has 0 amide bonds. The molecule has 4 saturated carbocycles. The van der Waals surface area contributed by atoms with Gasteiger partial charge in [-0.2, -0.15) is 0 Å². The largest absolute Gasteiger partial charge is 0.387 e. The molecule has 0 radical (unpaired) electrons. The second-order valence-corrected chi connectivity index (χ2v) is 10.4. The summed E-state index contributed by atoms with van der Waals surface area (Å²) in [5, 5.41) is 22.1. The fourth-order valence-electron chi connectivity index (χ4n) is 7.87. The summed E-state index contributed by atoms with van der Waals surface area (Å²) >= 11 is 0. The Balaban J connectivity index is 1.80. The van der Waals surface area contributed by atoms with Crippen molar-refractivity contribution in [2.24, 2.45) is 28.1 Å². The Labute approximate surface area is 135 Å². The van der Waals surface area contributed by atoms with E-state index in [1.165, 1.54) is 32.1 Å². The molecular weight excluding hydrogens is 272 g/mol. The summed E-state index contributed by atoms with van der Waals surface area (Å²) in [6, 6.07) is 0. The Morgan fingerprint density at radius 1 is 0.864 bits per heavy atom. The van der Waals surface area contributed by atoms with Gasteiger partial charge in [0.15, 0.2) is 0 Å². The van der Waals surface area contributed by atoms with Crippen molar-refractivity contribution in [2.75, 3.05) is 0 Å². The zero-order chi connectivity index (χ0) is 16.0. The van der Waals surface area contributed by atoms with Gasteiger partial charge in [-0.25, -0.2) is 0 Å². The van der Waals surface area contributed by atoms with E-state index in [1.54, 1.807) is 0 Å². The predicted molar refractivity (Wildman–Crippen MR) is 88.4 cm³/mol. The Morgan fingerprint density at radius 3 is 2.32 bits per heavy atom. The van der Waals surface area contributed by atoms with E-state index in [0.29, 0.717) is 16.7 Å². The molecule has 0 heterocycles. The van der Waals surface area contributed by atoms with Gasteiger partial charge in [0, 0.05) is 0 Å². The zero-order valence-electron chi connectivity index (χ0n) is 14.9. The summed E-state index contributed by atoms with van der Waals surface area (Å²) < 4.78 is 0. The first kappa shape index (κ1) is 15.4. The van der Waals surface area contributed by atoms with Crippen molar-refractivity contribution in [3.05, 3.63) is 0 Å². The molecule has 2 heteroatoms. The summed E-state index contributed by atoms with van der Waals surface area (Å²) in [4.78, 5) is 0. The second kappa shape index (κ2) is 4.11. The highest BCUT2D eigenvalue weighted by atomic mass is 16.4. The van der Waals surface area contributed by atoms with Crippen LogP contribution in [0, 0.1) is 28.1 Å². The lowest BCUT2D eigenvalue weighted by molar-refractivity contribution is -0.206. The molecule has 0 aromatic heterocycles. The maximum atomic E-state index is 11.3. The van der Waals surface area contributed by atoms with E-state index in [-0.39, 0.29) is 5.41 Å². The summed E-state index contributed by atoms with van der Waals surface area (Å²) in [7, 11) is 0. The van der Waals surface area contributed by atoms with E-state index in [2.05, 4.69) is 20.8 Å². The van der Waals surface area contributed by atoms with Crippen LogP contribution in [0.25, 0.3) is 0 Å². The summed E-state index contributed by atoms with van der Waals surface area (Å²) in [5.41, 5.74) is -0.641. The lowest BCUT2D eigenvalue weighted by Gasteiger charge is -2.65. The van der Waals surface area contributed by atoms with E-state index >= 15 is 0 Å². The molecule has 4 rings (SSSR count). The van der Waals surface area contributed by atoms with Crippen LogP contribution in [-0.4, -0.2) is 21.4 Å². The molecule has 4 aliphatic rings. The third kappa shape index (κ3) is 1.59. The van der Waals surface area contributed by atoms with Crippen molar-refractivity contribution in [3.63, 3.8) is 0 Å². The first-order chi connectivity index (χ1) is 10.1. The van der Waals surface area contributed by atoms with E-state index in [4.69, 9.17) is 0 Å². The maximum absolute atomic E-state index is 11.3. The Morgan fingerprint density at radius 2 is 1.59 bits per heavy atom. The molecule has 6 unspecified atom stereocenters. The first-order valence-corrected chi connectivity index (χ1v) is 9.51. The molecule has 126 valence electrons. The van der Waals surface area contributed by atoms with Gasteiger partial charge in [-0.05, 0) is 86.4 Å². The topological polar surface area (TPSA) is 40.5 Å². The van der Waals surface area contributed by atoms with Crippen LogP contribution in [-0.2, 0) is 0 Å². The lowest BCUT2D eigenvalue weighted by Crippen LogP contribution is -2.61. The standard InChI is InChI=1S/C20H34O2/c1-16(2)8-5-9-17(3)15(16)7-6-14-12-20(22)13-19(14,17)11-10-18(20,4)21/h14-15,21-22H,5-13H2,1-4H3. The predicted octanol–water partition coefficient (Wildman–Crippen LogP) is 4.29. The Kier molecular flexibility index (Phi) is 2.89. The molecule has 2 bridgehead atoms. The van der Waals surface area contributed by atoms with Crippen LogP contribution in [0.4, 0.5) is 0 Å². The number of fused-ring (bicyclic) bond motifs is 2. The zero-order valence-corrected chi connectivity index (χ0v) is 14.9. The fraction of sp³-hybridized carbons (Fsp3) is 1.00. The van der Waals surface area contributed by atoms with Crippen molar-refractivity contribution in [3.8, 4) is 0 Å². The van der Waals surface area contributed by atoms with Crippen molar-refractivity contribution in [2.45, 2.75) is 96.7 Å². The monoisotopic (exact) mass is 306 g/mol. The third-order valence-corrected chi connectivity index (χ3v) is 9.20. The van der Waals surface area contributed by atoms with Crippen LogP contribution in [0.2, 0.25) is 0 Å². The van der Waals surface area contributed by atoms with Crippen LogP contribution < -0.4 is 0 Å². The summed E-state index contributed by atoms with van der Waals surface area (Å²) in [6.45, 7) is 9.39. The van der Waals surface area contributed by atoms with Crippen LogP contribution in [0.3, 0.4) is 0 Å². The van der Waals surface area contributed by atoms with E-state index in [0.717, 1.165) is 31.6 Å². The lowest BCUT2D eigenvalue weighted by atomic mass is 9.39. The molecule has 22 heavy (non-hydrogen) atoms. The quantitative estimate of drug-likeness (QED) is 0.701. The van der Waals surface area contributed by atoms with Crippen molar-refractivity contribution in [1.29, 1.82) is 0 Å². The van der Waals surface area contributed by atoms with Gasteiger partial charge in [-0.1, -0.05) is 27.2 Å². The van der Waals surface area contributed by atoms with Gasteiger partial charge in [0.25, 0.3) is 0 Å². The van der Waals surface area contributed by atoms with Gasteiger partial charge in [-0.15, -0.1) is 0 Å². The molecule has 2 nitrogen and oxygen atoms in total. The average Bonchev–Trinajstić information content (AvgIpc) is 2.67. The molecule has 4 aliphatic carbocycles. The Bertz CT molecular complexity index is 496. The molecular formula is C20H34O2. The number of rotatable bonds is 0. The molecule has 0 saturated heterocycles. The number of aliphatic hydroxyl groups is 2. The van der Waals surface area contributed by atoms with Crippen LogP contribution >= 0.6 is 0 Å². The number of hydrogen-bond donors (Lipinski definition) is 2. The van der Waals surface area contributed by atoms with Gasteiger partial charge < -0.3 is 10.2 Å². The van der Waals surface area contributed by atoms with Crippen LogP contribution in [0.1, 0.15) is 85.5 Å². The smallest absolute Gasteiger partial charge is 0.0939 e.